The van der Waals surface area contributed by atoms with E-state index in [1.165, 1.54) is 6.42 Å². The van der Waals surface area contributed by atoms with Crippen LogP contribution in [0.2, 0.25) is 5.02 Å². The maximum atomic E-state index is 10.7. The third-order valence-electron chi connectivity index (χ3n) is 2.56. The number of carboxylic acid groups (broad SMARTS) is 1. The van der Waals surface area contributed by atoms with Crippen LogP contribution in [0.15, 0.2) is 0 Å². The average Bonchev–Trinajstić information content (AvgIpc) is 2.61. The van der Waals surface area contributed by atoms with Crippen LogP contribution in [0.3, 0.4) is 0 Å². The van der Waals surface area contributed by atoms with Crippen molar-refractivity contribution in [2.24, 2.45) is 0 Å². The number of hydrogen-bond acceptors (Lipinski definition) is 3. The highest BCUT2D eigenvalue weighted by Crippen LogP contribution is 2.28. The van der Waals surface area contributed by atoms with Crippen LogP contribution in [0.5, 0.6) is 0 Å². The van der Waals surface area contributed by atoms with Gasteiger partial charge in [0, 0.05) is 13.1 Å². The number of piperidine rings is 1. The van der Waals surface area contributed by atoms with E-state index in [-0.39, 0.29) is 10.7 Å². The number of aromatic amines is 1. The summed E-state index contributed by atoms with van der Waals surface area (Å²) in [6.45, 7) is 1.78. The van der Waals surface area contributed by atoms with Crippen LogP contribution in [-0.2, 0) is 0 Å². The van der Waals surface area contributed by atoms with Crippen molar-refractivity contribution in [3.63, 3.8) is 0 Å². The molecule has 1 aliphatic heterocycles. The van der Waals surface area contributed by atoms with Gasteiger partial charge >= 0.3 is 5.97 Å². The summed E-state index contributed by atoms with van der Waals surface area (Å²) in [4.78, 5) is 12.8. The van der Waals surface area contributed by atoms with Gasteiger partial charge in [-0.05, 0) is 19.3 Å². The molecule has 0 unspecified atom stereocenters. The van der Waals surface area contributed by atoms with E-state index in [0.717, 1.165) is 25.9 Å². The van der Waals surface area contributed by atoms with Gasteiger partial charge in [-0.1, -0.05) is 11.6 Å². The Hall–Kier alpha value is -1.23. The van der Waals surface area contributed by atoms with Gasteiger partial charge in [0.1, 0.15) is 5.02 Å². The van der Waals surface area contributed by atoms with Crippen molar-refractivity contribution < 1.29 is 9.90 Å². The number of aromatic nitrogens is 2. The second kappa shape index (κ2) is 4.10. The Kier molecular flexibility index (Phi) is 2.81. The number of carbonyl (C=O) groups is 1. The van der Waals surface area contributed by atoms with Gasteiger partial charge in [0.15, 0.2) is 11.5 Å². The monoisotopic (exact) mass is 229 g/mol. The topological polar surface area (TPSA) is 69.2 Å². The molecule has 0 aromatic carbocycles. The van der Waals surface area contributed by atoms with E-state index in [0.29, 0.717) is 5.82 Å². The van der Waals surface area contributed by atoms with Crippen molar-refractivity contribution >= 4 is 23.4 Å². The minimum Gasteiger partial charge on any atom is -0.476 e. The maximum absolute atomic E-state index is 10.7. The van der Waals surface area contributed by atoms with E-state index in [1.54, 1.807) is 0 Å². The van der Waals surface area contributed by atoms with Crippen LogP contribution >= 0.6 is 11.6 Å². The number of halogens is 1. The molecule has 2 heterocycles. The van der Waals surface area contributed by atoms with Crippen molar-refractivity contribution in [2.75, 3.05) is 18.0 Å². The molecular weight excluding hydrogens is 218 g/mol. The highest BCUT2D eigenvalue weighted by atomic mass is 35.5. The lowest BCUT2D eigenvalue weighted by Gasteiger charge is -2.26. The summed E-state index contributed by atoms with van der Waals surface area (Å²) in [5.74, 6) is -0.510. The summed E-state index contributed by atoms with van der Waals surface area (Å²) in [5, 5.41) is 15.4. The lowest BCUT2D eigenvalue weighted by atomic mass is 10.1. The number of hydrogen-bond donors (Lipinski definition) is 2. The van der Waals surface area contributed by atoms with E-state index in [2.05, 4.69) is 10.2 Å². The Morgan fingerprint density at radius 3 is 2.60 bits per heavy atom. The van der Waals surface area contributed by atoms with E-state index < -0.39 is 5.97 Å². The summed E-state index contributed by atoms with van der Waals surface area (Å²) < 4.78 is 0. The number of aromatic carboxylic acids is 1. The zero-order valence-corrected chi connectivity index (χ0v) is 8.92. The van der Waals surface area contributed by atoms with E-state index in [1.807, 2.05) is 4.90 Å². The first kappa shape index (κ1) is 10.3. The van der Waals surface area contributed by atoms with Gasteiger partial charge in [-0.2, -0.15) is 5.10 Å². The standard InChI is InChI=1S/C9H12ClN3O2/c10-6-7(9(14)15)11-12-8(6)13-4-2-1-3-5-13/h1-5H2,(H,11,12)(H,14,15). The smallest absolute Gasteiger partial charge is 0.355 e. The maximum Gasteiger partial charge on any atom is 0.355 e. The van der Waals surface area contributed by atoms with Gasteiger partial charge < -0.3 is 10.0 Å². The molecule has 1 saturated heterocycles. The molecule has 1 fully saturated rings. The third-order valence-corrected chi connectivity index (χ3v) is 2.92. The molecule has 1 aliphatic rings. The van der Waals surface area contributed by atoms with E-state index in [9.17, 15) is 4.79 Å². The molecule has 6 heteroatoms. The predicted octanol–water partition coefficient (Wildman–Crippen LogP) is 1.75. The molecular formula is C9H12ClN3O2. The minimum absolute atomic E-state index is 0.0303. The normalized spacial score (nSPS) is 16.7. The van der Waals surface area contributed by atoms with Crippen molar-refractivity contribution in [3.05, 3.63) is 10.7 Å². The fraction of sp³-hybridized carbons (Fsp3) is 0.556. The second-order valence-electron chi connectivity index (χ2n) is 3.59. The molecule has 15 heavy (non-hydrogen) atoms. The highest BCUT2D eigenvalue weighted by molar-refractivity contribution is 6.35. The Labute approximate surface area is 92.0 Å². The van der Waals surface area contributed by atoms with Crippen LogP contribution < -0.4 is 4.90 Å². The molecule has 1 aromatic rings. The van der Waals surface area contributed by atoms with Crippen LogP contribution in [-0.4, -0.2) is 34.4 Å². The average molecular weight is 230 g/mol. The van der Waals surface area contributed by atoms with Crippen molar-refractivity contribution in [3.8, 4) is 0 Å². The first-order valence-electron chi connectivity index (χ1n) is 4.92. The first-order valence-corrected chi connectivity index (χ1v) is 5.30. The second-order valence-corrected chi connectivity index (χ2v) is 3.97. The van der Waals surface area contributed by atoms with Gasteiger partial charge in [0.25, 0.3) is 0 Å². The number of H-pyrrole nitrogens is 1. The molecule has 2 rings (SSSR count). The Balaban J connectivity index is 2.24. The Bertz CT molecular complexity index is 371. The summed E-state index contributed by atoms with van der Waals surface area (Å²) in [6, 6.07) is 0. The quantitative estimate of drug-likeness (QED) is 0.811. The lowest BCUT2D eigenvalue weighted by Crippen LogP contribution is -2.29. The van der Waals surface area contributed by atoms with Crippen molar-refractivity contribution in [1.29, 1.82) is 0 Å². The van der Waals surface area contributed by atoms with Gasteiger partial charge in [-0.25, -0.2) is 4.79 Å². The van der Waals surface area contributed by atoms with Crippen LogP contribution in [0, 0.1) is 0 Å². The molecule has 2 N–H and O–H groups in total. The predicted molar refractivity (Wildman–Crippen MR) is 56.6 cm³/mol. The van der Waals surface area contributed by atoms with E-state index >= 15 is 0 Å². The van der Waals surface area contributed by atoms with E-state index in [4.69, 9.17) is 16.7 Å². The molecule has 0 radical (unpaired) electrons. The fourth-order valence-electron chi connectivity index (χ4n) is 1.78. The Morgan fingerprint density at radius 2 is 2.07 bits per heavy atom. The van der Waals surface area contributed by atoms with Gasteiger partial charge in [-0.3, -0.25) is 5.10 Å². The van der Waals surface area contributed by atoms with Crippen LogP contribution in [0.4, 0.5) is 5.82 Å². The molecule has 1 aromatic heterocycles. The molecule has 5 nitrogen and oxygen atoms in total. The molecule has 0 amide bonds. The lowest BCUT2D eigenvalue weighted by molar-refractivity contribution is 0.0690. The number of nitrogens with one attached hydrogen (secondary N) is 1. The van der Waals surface area contributed by atoms with Crippen LogP contribution in [0.1, 0.15) is 29.8 Å². The largest absolute Gasteiger partial charge is 0.476 e. The summed E-state index contributed by atoms with van der Waals surface area (Å²) >= 11 is 5.94. The minimum atomic E-state index is -1.07. The SMILES string of the molecule is O=C(O)c1[nH]nc(N2CCCCC2)c1Cl. The Morgan fingerprint density at radius 1 is 1.40 bits per heavy atom. The number of carboxylic acids is 1. The third kappa shape index (κ3) is 1.92. The number of anilines is 1. The van der Waals surface area contributed by atoms with Gasteiger partial charge in [0.05, 0.1) is 0 Å². The molecule has 82 valence electrons. The summed E-state index contributed by atoms with van der Waals surface area (Å²) in [5.41, 5.74) is -0.0303. The fourth-order valence-corrected chi connectivity index (χ4v) is 2.06. The summed E-state index contributed by atoms with van der Waals surface area (Å²) in [7, 11) is 0. The van der Waals surface area contributed by atoms with Crippen molar-refractivity contribution in [1.82, 2.24) is 10.2 Å². The molecule has 0 spiro atoms. The highest BCUT2D eigenvalue weighted by Gasteiger charge is 2.22. The molecule has 0 bridgehead atoms. The van der Waals surface area contributed by atoms with Gasteiger partial charge in [0.2, 0.25) is 0 Å². The summed E-state index contributed by atoms with van der Waals surface area (Å²) in [6.07, 6.45) is 3.42. The number of nitrogens with zero attached hydrogens (tertiary/aromatic N) is 2. The zero-order chi connectivity index (χ0) is 10.8. The molecule has 0 aliphatic carbocycles. The van der Waals surface area contributed by atoms with Gasteiger partial charge in [-0.15, -0.1) is 0 Å². The first-order chi connectivity index (χ1) is 7.20. The zero-order valence-electron chi connectivity index (χ0n) is 8.16. The molecule has 0 saturated carbocycles. The molecule has 0 atom stereocenters. The van der Waals surface area contributed by atoms with Crippen molar-refractivity contribution in [2.45, 2.75) is 19.3 Å². The number of rotatable bonds is 2. The van der Waals surface area contributed by atoms with Crippen LogP contribution in [0.25, 0.3) is 0 Å².